The van der Waals surface area contributed by atoms with E-state index in [4.69, 9.17) is 9.84 Å². The number of ether oxygens (including phenoxy) is 1. The zero-order valence-electron chi connectivity index (χ0n) is 11.4. The average molecular weight is 319 g/mol. The summed E-state index contributed by atoms with van der Waals surface area (Å²) in [6.45, 7) is 0.416. The fraction of sp³-hybridized carbons (Fsp3) is 0.308. The number of carbonyl (C=O) groups excluding carboxylic acids is 2. The van der Waals surface area contributed by atoms with E-state index in [-0.39, 0.29) is 22.8 Å². The molecule has 0 saturated carbocycles. The van der Waals surface area contributed by atoms with Crippen molar-refractivity contribution in [2.45, 2.75) is 13.1 Å². The van der Waals surface area contributed by atoms with Crippen molar-refractivity contribution >= 4 is 23.5 Å². The first-order valence-electron chi connectivity index (χ1n) is 6.04. The quantitative estimate of drug-likeness (QED) is 0.837. The van der Waals surface area contributed by atoms with Crippen LogP contribution in [0.4, 0.5) is 18.9 Å². The van der Waals surface area contributed by atoms with E-state index in [0.29, 0.717) is 0 Å². The van der Waals surface area contributed by atoms with E-state index in [1.165, 1.54) is 12.1 Å². The number of hydrogen-bond donors (Lipinski definition) is 1. The Morgan fingerprint density at radius 2 is 1.91 bits per heavy atom. The summed E-state index contributed by atoms with van der Waals surface area (Å²) < 4.78 is 42.3. The first-order chi connectivity index (χ1) is 10.2. The van der Waals surface area contributed by atoms with Crippen molar-refractivity contribution in [3.63, 3.8) is 0 Å². The van der Waals surface area contributed by atoms with Gasteiger partial charge in [-0.1, -0.05) is 6.07 Å². The zero-order valence-corrected chi connectivity index (χ0v) is 11.4. The Morgan fingerprint density at radius 3 is 2.41 bits per heavy atom. The maximum Gasteiger partial charge on any atom is 0.471 e. The Hall–Kier alpha value is -2.58. The number of anilines is 1. The molecular weight excluding hydrogens is 307 g/mol. The second-order valence-corrected chi connectivity index (χ2v) is 4.05. The second-order valence-electron chi connectivity index (χ2n) is 4.05. The number of nitrogens with zero attached hydrogens (tertiary/aromatic N) is 1. The number of rotatable bonds is 5. The summed E-state index contributed by atoms with van der Waals surface area (Å²) in [4.78, 5) is 33.6. The van der Waals surface area contributed by atoms with Crippen molar-refractivity contribution in [3.8, 4) is 0 Å². The third-order valence-corrected chi connectivity index (χ3v) is 2.45. The minimum atomic E-state index is -5.24. The predicted molar refractivity (Wildman–Crippen MR) is 68.4 cm³/mol. The SMILES string of the molecule is CCOC(=O)c1cccc(N(CC(=O)O)C(=O)C(F)(F)F)c1. The third-order valence-electron chi connectivity index (χ3n) is 2.45. The molecule has 0 radical (unpaired) electrons. The first-order valence-corrected chi connectivity index (χ1v) is 6.04. The van der Waals surface area contributed by atoms with Crippen molar-refractivity contribution in [2.24, 2.45) is 0 Å². The molecule has 0 aliphatic heterocycles. The van der Waals surface area contributed by atoms with Gasteiger partial charge in [0, 0.05) is 5.69 Å². The molecule has 0 bridgehead atoms. The standard InChI is InChI=1S/C13H12F3NO5/c1-2-22-11(20)8-4-3-5-9(6-8)17(7-10(18)19)12(21)13(14,15)16/h3-6H,2,7H2,1H3,(H,18,19). The van der Waals surface area contributed by atoms with E-state index >= 15 is 0 Å². The van der Waals surface area contributed by atoms with Crippen LogP contribution in [0.2, 0.25) is 0 Å². The van der Waals surface area contributed by atoms with Crippen molar-refractivity contribution < 1.29 is 37.4 Å². The molecular formula is C13H12F3NO5. The lowest BCUT2D eigenvalue weighted by Gasteiger charge is -2.22. The van der Waals surface area contributed by atoms with Gasteiger partial charge in [0.2, 0.25) is 0 Å². The highest BCUT2D eigenvalue weighted by atomic mass is 19.4. The molecule has 9 heteroatoms. The number of carboxylic acids is 1. The summed E-state index contributed by atoms with van der Waals surface area (Å²) >= 11 is 0. The van der Waals surface area contributed by atoms with E-state index in [9.17, 15) is 27.6 Å². The van der Waals surface area contributed by atoms with Gasteiger partial charge >= 0.3 is 24.0 Å². The molecule has 0 atom stereocenters. The van der Waals surface area contributed by atoms with Crippen molar-refractivity contribution in [3.05, 3.63) is 29.8 Å². The number of halogens is 3. The number of carbonyl (C=O) groups is 3. The summed E-state index contributed by atoms with van der Waals surface area (Å²) in [5, 5.41) is 8.67. The Morgan fingerprint density at radius 1 is 1.27 bits per heavy atom. The molecule has 0 heterocycles. The van der Waals surface area contributed by atoms with Gasteiger partial charge < -0.3 is 9.84 Å². The lowest BCUT2D eigenvalue weighted by molar-refractivity contribution is -0.170. The Bertz CT molecular complexity index is 585. The van der Waals surface area contributed by atoms with Gasteiger partial charge in [0.15, 0.2) is 0 Å². The lowest BCUT2D eigenvalue weighted by Crippen LogP contribution is -2.44. The van der Waals surface area contributed by atoms with E-state index in [1.807, 2.05) is 0 Å². The van der Waals surface area contributed by atoms with Gasteiger partial charge in [-0.05, 0) is 25.1 Å². The van der Waals surface area contributed by atoms with E-state index < -0.39 is 30.6 Å². The molecule has 0 fully saturated rings. The van der Waals surface area contributed by atoms with Gasteiger partial charge in [-0.25, -0.2) is 4.79 Å². The Balaban J connectivity index is 3.20. The van der Waals surface area contributed by atoms with E-state index in [0.717, 1.165) is 12.1 Å². The van der Waals surface area contributed by atoms with Crippen LogP contribution in [0.15, 0.2) is 24.3 Å². The van der Waals surface area contributed by atoms with Crippen LogP contribution in [0.5, 0.6) is 0 Å². The monoisotopic (exact) mass is 319 g/mol. The van der Waals surface area contributed by atoms with Crippen LogP contribution >= 0.6 is 0 Å². The van der Waals surface area contributed by atoms with Crippen LogP contribution in [0.25, 0.3) is 0 Å². The summed E-state index contributed by atoms with van der Waals surface area (Å²) in [6, 6.07) is 4.55. The number of esters is 1. The normalized spacial score (nSPS) is 10.9. The van der Waals surface area contributed by atoms with Gasteiger partial charge in [-0.3, -0.25) is 14.5 Å². The highest BCUT2D eigenvalue weighted by Gasteiger charge is 2.43. The molecule has 0 aromatic heterocycles. The van der Waals surface area contributed by atoms with Crippen LogP contribution < -0.4 is 4.90 Å². The highest BCUT2D eigenvalue weighted by molar-refractivity contribution is 6.01. The summed E-state index contributed by atoms with van der Waals surface area (Å²) in [7, 11) is 0. The molecule has 0 spiro atoms. The summed E-state index contributed by atoms with van der Waals surface area (Å²) in [5.74, 6) is -4.76. The van der Waals surface area contributed by atoms with E-state index in [1.54, 1.807) is 6.92 Å². The molecule has 1 N–H and O–H groups in total. The fourth-order valence-electron chi connectivity index (χ4n) is 1.58. The minimum Gasteiger partial charge on any atom is -0.480 e. The van der Waals surface area contributed by atoms with Crippen molar-refractivity contribution in [2.75, 3.05) is 18.1 Å². The minimum absolute atomic E-state index is 0.0328. The largest absolute Gasteiger partial charge is 0.480 e. The molecule has 22 heavy (non-hydrogen) atoms. The zero-order chi connectivity index (χ0) is 16.9. The van der Waals surface area contributed by atoms with Gasteiger partial charge in [0.1, 0.15) is 6.54 Å². The number of hydrogen-bond acceptors (Lipinski definition) is 4. The van der Waals surface area contributed by atoms with Crippen LogP contribution in [-0.4, -0.2) is 42.3 Å². The fourth-order valence-corrected chi connectivity index (χ4v) is 1.58. The molecule has 1 rings (SSSR count). The van der Waals surface area contributed by atoms with Gasteiger partial charge in [-0.2, -0.15) is 13.2 Å². The summed E-state index contributed by atoms with van der Waals surface area (Å²) in [5.41, 5.74) is -0.458. The van der Waals surface area contributed by atoms with Gasteiger partial charge in [0.05, 0.1) is 12.2 Å². The number of alkyl halides is 3. The molecule has 0 saturated heterocycles. The number of benzene rings is 1. The smallest absolute Gasteiger partial charge is 0.471 e. The van der Waals surface area contributed by atoms with Crippen molar-refractivity contribution in [1.29, 1.82) is 0 Å². The lowest BCUT2D eigenvalue weighted by atomic mass is 10.2. The Labute approximate surface area is 123 Å². The summed E-state index contributed by atoms with van der Waals surface area (Å²) in [6.07, 6.45) is -5.24. The van der Waals surface area contributed by atoms with Crippen LogP contribution in [0.3, 0.4) is 0 Å². The molecule has 0 unspecified atom stereocenters. The third kappa shape index (κ3) is 4.47. The molecule has 6 nitrogen and oxygen atoms in total. The number of aliphatic carboxylic acids is 1. The number of amides is 1. The van der Waals surface area contributed by atoms with E-state index in [2.05, 4.69) is 0 Å². The van der Waals surface area contributed by atoms with Gasteiger partial charge in [-0.15, -0.1) is 0 Å². The maximum absolute atomic E-state index is 12.5. The second kappa shape index (κ2) is 6.92. The van der Waals surface area contributed by atoms with Gasteiger partial charge in [0.25, 0.3) is 0 Å². The molecule has 0 aliphatic carbocycles. The predicted octanol–water partition coefficient (Wildman–Crippen LogP) is 1.84. The van der Waals surface area contributed by atoms with Crippen LogP contribution in [0, 0.1) is 0 Å². The topological polar surface area (TPSA) is 83.9 Å². The highest BCUT2D eigenvalue weighted by Crippen LogP contribution is 2.24. The molecule has 0 aliphatic rings. The number of carboxylic acid groups (broad SMARTS) is 1. The van der Waals surface area contributed by atoms with Crippen LogP contribution in [0.1, 0.15) is 17.3 Å². The average Bonchev–Trinajstić information content (AvgIpc) is 2.43. The maximum atomic E-state index is 12.5. The molecule has 1 aromatic carbocycles. The first kappa shape index (κ1) is 17.5. The molecule has 120 valence electrons. The molecule has 1 amide bonds. The van der Waals surface area contributed by atoms with Crippen molar-refractivity contribution in [1.82, 2.24) is 0 Å². The molecule has 1 aromatic rings. The van der Waals surface area contributed by atoms with Crippen LogP contribution in [-0.2, 0) is 14.3 Å². The Kier molecular flexibility index (Phi) is 5.50.